The molecule has 6 nitrogen and oxygen atoms in total. The molecule has 2 aromatic rings. The van der Waals surface area contributed by atoms with Crippen molar-refractivity contribution < 1.29 is 19.2 Å². The van der Waals surface area contributed by atoms with Gasteiger partial charge < -0.3 is 4.74 Å². The number of esters is 1. The molecule has 0 heterocycles. The number of hydrogen-bond donors (Lipinski definition) is 0. The van der Waals surface area contributed by atoms with Crippen LogP contribution in [0.25, 0.3) is 0 Å². The van der Waals surface area contributed by atoms with Gasteiger partial charge in [0.25, 0.3) is 5.69 Å². The van der Waals surface area contributed by atoms with Gasteiger partial charge in [0.15, 0.2) is 5.78 Å². The summed E-state index contributed by atoms with van der Waals surface area (Å²) < 4.78 is 4.54. The number of nitro groups is 1. The molecule has 2 aromatic carbocycles. The first-order valence-corrected chi connectivity index (χ1v) is 6.00. The molecule has 0 aromatic heterocycles. The van der Waals surface area contributed by atoms with Crippen LogP contribution in [0, 0.1) is 10.1 Å². The van der Waals surface area contributed by atoms with Gasteiger partial charge in [0.05, 0.1) is 17.6 Å². The van der Waals surface area contributed by atoms with Gasteiger partial charge in [-0.05, 0) is 6.07 Å². The first-order valence-electron chi connectivity index (χ1n) is 6.00. The normalized spacial score (nSPS) is 9.95. The van der Waals surface area contributed by atoms with Crippen LogP contribution in [0.3, 0.4) is 0 Å². The largest absolute Gasteiger partial charge is 0.465 e. The molecule has 0 fully saturated rings. The Kier molecular flexibility index (Phi) is 4.08. The summed E-state index contributed by atoms with van der Waals surface area (Å²) in [6.45, 7) is 0. The van der Waals surface area contributed by atoms with Gasteiger partial charge in [-0.15, -0.1) is 0 Å². The van der Waals surface area contributed by atoms with Gasteiger partial charge in [-0.1, -0.05) is 30.3 Å². The van der Waals surface area contributed by atoms with Gasteiger partial charge in [-0.3, -0.25) is 14.9 Å². The van der Waals surface area contributed by atoms with Crippen molar-refractivity contribution in [2.75, 3.05) is 7.11 Å². The fourth-order valence-electron chi connectivity index (χ4n) is 1.84. The molecule has 0 aliphatic heterocycles. The molecular weight excluding hydrogens is 274 g/mol. The second-order valence-electron chi connectivity index (χ2n) is 4.21. The Morgan fingerprint density at radius 3 is 2.19 bits per heavy atom. The standard InChI is InChI=1S/C15H11NO5/c1-21-15(18)12-7-11(8-13(9-12)16(19)20)14(17)10-5-3-2-4-6-10/h2-9H,1H3. The molecule has 106 valence electrons. The number of rotatable bonds is 4. The summed E-state index contributed by atoms with van der Waals surface area (Å²) >= 11 is 0. The fraction of sp³-hybridized carbons (Fsp3) is 0.0667. The number of nitro benzene ring substituents is 1. The topological polar surface area (TPSA) is 86.5 Å². The van der Waals surface area contributed by atoms with E-state index in [0.29, 0.717) is 5.56 Å². The summed E-state index contributed by atoms with van der Waals surface area (Å²) in [4.78, 5) is 34.1. The molecule has 0 N–H and O–H groups in total. The second-order valence-corrected chi connectivity index (χ2v) is 4.21. The number of ketones is 1. The van der Waals surface area contributed by atoms with E-state index >= 15 is 0 Å². The summed E-state index contributed by atoms with van der Waals surface area (Å²) in [6.07, 6.45) is 0. The van der Waals surface area contributed by atoms with Crippen LogP contribution >= 0.6 is 0 Å². The van der Waals surface area contributed by atoms with Gasteiger partial charge in [0, 0.05) is 23.3 Å². The quantitative estimate of drug-likeness (QED) is 0.373. The molecule has 21 heavy (non-hydrogen) atoms. The van der Waals surface area contributed by atoms with Crippen LogP contribution in [-0.4, -0.2) is 23.8 Å². The van der Waals surface area contributed by atoms with E-state index in [0.717, 1.165) is 12.1 Å². The highest BCUT2D eigenvalue weighted by molar-refractivity contribution is 6.10. The molecule has 0 bridgehead atoms. The zero-order valence-corrected chi connectivity index (χ0v) is 11.1. The first kappa shape index (κ1) is 14.4. The number of hydrogen-bond acceptors (Lipinski definition) is 5. The molecule has 2 rings (SSSR count). The highest BCUT2D eigenvalue weighted by Crippen LogP contribution is 2.20. The molecule has 0 spiro atoms. The highest BCUT2D eigenvalue weighted by Gasteiger charge is 2.19. The Bertz CT molecular complexity index is 709. The van der Waals surface area contributed by atoms with E-state index in [1.165, 1.54) is 13.2 Å². The molecule has 0 aliphatic rings. The van der Waals surface area contributed by atoms with E-state index in [1.807, 2.05) is 0 Å². The third-order valence-electron chi connectivity index (χ3n) is 2.85. The van der Waals surface area contributed by atoms with Gasteiger partial charge in [-0.25, -0.2) is 4.79 Å². The van der Waals surface area contributed by atoms with Crippen LogP contribution in [0.15, 0.2) is 48.5 Å². The van der Waals surface area contributed by atoms with Crippen LogP contribution in [0.1, 0.15) is 26.3 Å². The Hall–Kier alpha value is -3.02. The lowest BCUT2D eigenvalue weighted by molar-refractivity contribution is -0.384. The van der Waals surface area contributed by atoms with Crippen LogP contribution in [0.4, 0.5) is 5.69 Å². The van der Waals surface area contributed by atoms with Gasteiger partial charge in [0.1, 0.15) is 0 Å². The molecule has 0 amide bonds. The summed E-state index contributed by atoms with van der Waals surface area (Å²) in [6, 6.07) is 11.8. The minimum absolute atomic E-state index is 0.0361. The van der Waals surface area contributed by atoms with Crippen molar-refractivity contribution in [3.63, 3.8) is 0 Å². The number of carbonyl (C=O) groups is 2. The predicted octanol–water partition coefficient (Wildman–Crippen LogP) is 2.61. The van der Waals surface area contributed by atoms with E-state index < -0.39 is 16.7 Å². The Balaban J connectivity index is 2.52. The molecular formula is C15H11NO5. The van der Waals surface area contributed by atoms with E-state index in [9.17, 15) is 19.7 Å². The summed E-state index contributed by atoms with van der Waals surface area (Å²) in [5.41, 5.74) is 0.0766. The molecule has 0 atom stereocenters. The lowest BCUT2D eigenvalue weighted by Gasteiger charge is -2.04. The lowest BCUT2D eigenvalue weighted by Crippen LogP contribution is -2.07. The van der Waals surface area contributed by atoms with Crippen LogP contribution in [-0.2, 0) is 4.74 Å². The van der Waals surface area contributed by atoms with Crippen molar-refractivity contribution in [1.82, 2.24) is 0 Å². The minimum atomic E-state index is -0.735. The predicted molar refractivity (Wildman–Crippen MR) is 74.3 cm³/mol. The Morgan fingerprint density at radius 2 is 1.62 bits per heavy atom. The maximum absolute atomic E-state index is 12.3. The van der Waals surface area contributed by atoms with Crippen molar-refractivity contribution in [3.8, 4) is 0 Å². The van der Waals surface area contributed by atoms with Gasteiger partial charge >= 0.3 is 5.97 Å². The van der Waals surface area contributed by atoms with Crippen molar-refractivity contribution in [2.45, 2.75) is 0 Å². The van der Waals surface area contributed by atoms with E-state index in [4.69, 9.17) is 0 Å². The summed E-state index contributed by atoms with van der Waals surface area (Å²) in [5.74, 6) is -1.13. The van der Waals surface area contributed by atoms with E-state index in [2.05, 4.69) is 4.74 Å². The number of carbonyl (C=O) groups excluding carboxylic acids is 2. The number of methoxy groups -OCH3 is 1. The zero-order chi connectivity index (χ0) is 15.4. The van der Waals surface area contributed by atoms with Crippen molar-refractivity contribution in [1.29, 1.82) is 0 Å². The number of benzene rings is 2. The molecule has 0 saturated heterocycles. The van der Waals surface area contributed by atoms with Crippen molar-refractivity contribution in [3.05, 3.63) is 75.3 Å². The van der Waals surface area contributed by atoms with Gasteiger partial charge in [-0.2, -0.15) is 0 Å². The van der Waals surface area contributed by atoms with Crippen molar-refractivity contribution >= 4 is 17.4 Å². The molecule has 6 heteroatoms. The highest BCUT2D eigenvalue weighted by atomic mass is 16.6. The average Bonchev–Trinajstić information content (AvgIpc) is 2.53. The maximum atomic E-state index is 12.3. The molecule has 0 unspecified atom stereocenters. The Morgan fingerprint density at radius 1 is 1.00 bits per heavy atom. The first-order chi connectivity index (χ1) is 10.0. The van der Waals surface area contributed by atoms with E-state index in [1.54, 1.807) is 30.3 Å². The zero-order valence-electron chi connectivity index (χ0n) is 11.1. The maximum Gasteiger partial charge on any atom is 0.338 e. The smallest absolute Gasteiger partial charge is 0.338 e. The van der Waals surface area contributed by atoms with Crippen molar-refractivity contribution in [2.24, 2.45) is 0 Å². The summed E-state index contributed by atoms with van der Waals surface area (Å²) in [5, 5.41) is 10.9. The third-order valence-corrected chi connectivity index (χ3v) is 2.85. The lowest BCUT2D eigenvalue weighted by atomic mass is 10.0. The molecule has 0 saturated carbocycles. The van der Waals surface area contributed by atoms with Gasteiger partial charge in [0.2, 0.25) is 0 Å². The fourth-order valence-corrected chi connectivity index (χ4v) is 1.84. The molecule has 0 aliphatic carbocycles. The van der Waals surface area contributed by atoms with E-state index in [-0.39, 0.29) is 16.8 Å². The minimum Gasteiger partial charge on any atom is -0.465 e. The van der Waals surface area contributed by atoms with Crippen LogP contribution in [0.2, 0.25) is 0 Å². The monoisotopic (exact) mass is 285 g/mol. The number of nitrogens with zero attached hydrogens (tertiary/aromatic N) is 1. The van der Waals surface area contributed by atoms with Crippen LogP contribution in [0.5, 0.6) is 0 Å². The number of ether oxygens (including phenoxy) is 1. The Labute approximate surface area is 120 Å². The SMILES string of the molecule is COC(=O)c1cc(C(=O)c2ccccc2)cc([N+](=O)[O-])c1. The number of non-ortho nitro benzene ring substituents is 1. The van der Waals surface area contributed by atoms with Crippen LogP contribution < -0.4 is 0 Å². The molecule has 0 radical (unpaired) electrons. The third kappa shape index (κ3) is 3.11. The average molecular weight is 285 g/mol. The second kappa shape index (κ2) is 5.96. The summed E-state index contributed by atoms with van der Waals surface area (Å²) in [7, 11) is 1.17.